The number of nitrogens with zero attached hydrogens (tertiary/aromatic N) is 1. The van der Waals surface area contributed by atoms with Crippen molar-refractivity contribution >= 4 is 17.5 Å². The van der Waals surface area contributed by atoms with Crippen molar-refractivity contribution in [3.8, 4) is 0 Å². The smallest absolute Gasteiger partial charge is 0.146 e. The van der Waals surface area contributed by atoms with Gasteiger partial charge in [-0.15, -0.1) is 0 Å². The lowest BCUT2D eigenvalue weighted by atomic mass is 10.2. The molecule has 3 heteroatoms. The fourth-order valence-corrected chi connectivity index (χ4v) is 1.63. The summed E-state index contributed by atoms with van der Waals surface area (Å²) in [6, 6.07) is 0.517. The van der Waals surface area contributed by atoms with Gasteiger partial charge in [-0.1, -0.05) is 6.92 Å². The Labute approximate surface area is 86.1 Å². The van der Waals surface area contributed by atoms with E-state index in [0.717, 1.165) is 6.42 Å². The molecule has 0 bridgehead atoms. The maximum Gasteiger partial charge on any atom is 0.146 e. The highest BCUT2D eigenvalue weighted by Crippen LogP contribution is 2.05. The molecular weight excluding hydrogens is 182 g/mol. The zero-order valence-electron chi connectivity index (χ0n) is 9.17. The molecule has 0 aromatic carbocycles. The highest BCUT2D eigenvalue weighted by Gasteiger charge is 2.10. The van der Waals surface area contributed by atoms with Crippen LogP contribution in [0.25, 0.3) is 0 Å². The van der Waals surface area contributed by atoms with Gasteiger partial charge >= 0.3 is 0 Å². The van der Waals surface area contributed by atoms with E-state index in [9.17, 15) is 4.79 Å². The lowest BCUT2D eigenvalue weighted by Crippen LogP contribution is -2.34. The summed E-state index contributed by atoms with van der Waals surface area (Å²) in [7, 11) is 2.03. The maximum atomic E-state index is 11.2. The quantitative estimate of drug-likeness (QED) is 0.631. The van der Waals surface area contributed by atoms with Crippen molar-refractivity contribution in [1.82, 2.24) is 4.90 Å². The van der Waals surface area contributed by atoms with Crippen LogP contribution in [0.4, 0.5) is 0 Å². The number of likely N-dealkylation sites (N-methyl/N-ethyl adjacent to an activating group) is 1. The van der Waals surface area contributed by atoms with Gasteiger partial charge in [-0.25, -0.2) is 0 Å². The summed E-state index contributed by atoms with van der Waals surface area (Å²) in [5.74, 6) is 1.50. The molecule has 13 heavy (non-hydrogen) atoms. The fourth-order valence-electron chi connectivity index (χ4n) is 1.05. The molecule has 1 atom stereocenters. The number of hydrogen-bond donors (Lipinski definition) is 0. The van der Waals surface area contributed by atoms with Gasteiger partial charge in [0.2, 0.25) is 0 Å². The predicted octanol–water partition coefficient (Wildman–Crippen LogP) is 2.04. The van der Waals surface area contributed by atoms with E-state index < -0.39 is 0 Å². The Morgan fingerprint density at radius 1 is 1.54 bits per heavy atom. The van der Waals surface area contributed by atoms with E-state index in [4.69, 9.17) is 0 Å². The van der Waals surface area contributed by atoms with Crippen molar-refractivity contribution in [2.45, 2.75) is 32.7 Å². The predicted molar refractivity (Wildman–Crippen MR) is 60.4 cm³/mol. The first kappa shape index (κ1) is 13.0. The molecule has 0 aliphatic carbocycles. The summed E-state index contributed by atoms with van der Waals surface area (Å²) in [5.41, 5.74) is 0. The van der Waals surface area contributed by atoms with Crippen molar-refractivity contribution in [2.75, 3.05) is 25.6 Å². The second kappa shape index (κ2) is 7.39. The van der Waals surface area contributed by atoms with E-state index in [0.29, 0.717) is 24.8 Å². The largest absolute Gasteiger partial charge is 0.298 e. The van der Waals surface area contributed by atoms with Crippen LogP contribution in [-0.2, 0) is 4.79 Å². The first-order valence-electron chi connectivity index (χ1n) is 4.82. The number of carbonyl (C=O) groups excluding carboxylic acids is 1. The SMILES string of the molecule is CCC(=O)CN(C)C(C)CCSC. The average molecular weight is 203 g/mol. The lowest BCUT2D eigenvalue weighted by molar-refractivity contribution is -0.120. The molecule has 0 rings (SSSR count). The van der Waals surface area contributed by atoms with Crippen molar-refractivity contribution in [3.05, 3.63) is 0 Å². The van der Waals surface area contributed by atoms with Crippen LogP contribution in [0.1, 0.15) is 26.7 Å². The third-order valence-corrected chi connectivity index (χ3v) is 2.96. The molecule has 0 aromatic heterocycles. The Bertz CT molecular complexity index is 150. The number of rotatable bonds is 7. The van der Waals surface area contributed by atoms with Crippen LogP contribution in [0.15, 0.2) is 0 Å². The Morgan fingerprint density at radius 2 is 2.15 bits per heavy atom. The van der Waals surface area contributed by atoms with Crippen LogP contribution < -0.4 is 0 Å². The van der Waals surface area contributed by atoms with Gasteiger partial charge < -0.3 is 0 Å². The highest BCUT2D eigenvalue weighted by molar-refractivity contribution is 7.98. The third kappa shape index (κ3) is 6.11. The molecule has 0 aliphatic heterocycles. The van der Waals surface area contributed by atoms with Crippen LogP contribution in [-0.4, -0.2) is 42.3 Å². The van der Waals surface area contributed by atoms with Gasteiger partial charge in [-0.3, -0.25) is 9.69 Å². The van der Waals surface area contributed by atoms with Gasteiger partial charge in [0.05, 0.1) is 6.54 Å². The van der Waals surface area contributed by atoms with Gasteiger partial charge in [0.1, 0.15) is 5.78 Å². The van der Waals surface area contributed by atoms with Crippen molar-refractivity contribution in [1.29, 1.82) is 0 Å². The minimum atomic E-state index is 0.332. The van der Waals surface area contributed by atoms with E-state index >= 15 is 0 Å². The van der Waals surface area contributed by atoms with Crippen LogP contribution in [0.2, 0.25) is 0 Å². The van der Waals surface area contributed by atoms with E-state index in [1.165, 1.54) is 5.75 Å². The fraction of sp³-hybridized carbons (Fsp3) is 0.900. The topological polar surface area (TPSA) is 20.3 Å². The average Bonchev–Trinajstić information content (AvgIpc) is 2.13. The van der Waals surface area contributed by atoms with Crippen LogP contribution in [0.5, 0.6) is 0 Å². The Hall–Kier alpha value is -0.0200. The van der Waals surface area contributed by atoms with E-state index in [2.05, 4.69) is 18.1 Å². The van der Waals surface area contributed by atoms with E-state index in [1.54, 1.807) is 0 Å². The minimum Gasteiger partial charge on any atom is -0.298 e. The Kier molecular flexibility index (Phi) is 7.38. The second-order valence-corrected chi connectivity index (χ2v) is 4.42. The molecule has 2 nitrogen and oxygen atoms in total. The summed E-state index contributed by atoms with van der Waals surface area (Å²) in [4.78, 5) is 13.3. The standard InChI is InChI=1S/C10H21NOS/c1-5-10(12)8-11(3)9(2)6-7-13-4/h9H,5-8H2,1-4H3. The molecular formula is C10H21NOS. The highest BCUT2D eigenvalue weighted by atomic mass is 32.2. The van der Waals surface area contributed by atoms with E-state index in [1.807, 2.05) is 25.7 Å². The number of ketones is 1. The molecule has 0 saturated heterocycles. The summed E-state index contributed by atoms with van der Waals surface area (Å²) in [6.45, 7) is 4.70. The summed E-state index contributed by atoms with van der Waals surface area (Å²) >= 11 is 1.86. The summed E-state index contributed by atoms with van der Waals surface area (Å²) in [6.07, 6.45) is 3.93. The molecule has 0 aromatic rings. The summed E-state index contributed by atoms with van der Waals surface area (Å²) in [5, 5.41) is 0. The van der Waals surface area contributed by atoms with Gasteiger partial charge in [0, 0.05) is 12.5 Å². The molecule has 0 radical (unpaired) electrons. The zero-order valence-corrected chi connectivity index (χ0v) is 9.99. The number of Topliss-reactive ketones (excluding diaryl/α,β-unsaturated/α-hetero) is 1. The van der Waals surface area contributed by atoms with Crippen LogP contribution in [0, 0.1) is 0 Å². The molecule has 0 amide bonds. The first-order chi connectivity index (χ1) is 6.11. The van der Waals surface area contributed by atoms with Gasteiger partial charge in [0.15, 0.2) is 0 Å². The molecule has 78 valence electrons. The molecule has 0 fully saturated rings. The summed E-state index contributed by atoms with van der Waals surface area (Å²) < 4.78 is 0. The molecule has 0 spiro atoms. The molecule has 1 unspecified atom stereocenters. The number of carbonyl (C=O) groups is 1. The Morgan fingerprint density at radius 3 is 2.62 bits per heavy atom. The lowest BCUT2D eigenvalue weighted by Gasteiger charge is -2.23. The third-order valence-electron chi connectivity index (χ3n) is 2.31. The minimum absolute atomic E-state index is 0.332. The van der Waals surface area contributed by atoms with Crippen LogP contribution in [0.3, 0.4) is 0 Å². The van der Waals surface area contributed by atoms with Gasteiger partial charge in [0.25, 0.3) is 0 Å². The molecule has 0 aliphatic rings. The van der Waals surface area contributed by atoms with Crippen molar-refractivity contribution < 1.29 is 4.79 Å². The number of hydrogen-bond acceptors (Lipinski definition) is 3. The van der Waals surface area contributed by atoms with Gasteiger partial charge in [-0.05, 0) is 32.4 Å². The van der Waals surface area contributed by atoms with Gasteiger partial charge in [-0.2, -0.15) is 11.8 Å². The number of thioether (sulfide) groups is 1. The molecule has 0 saturated carbocycles. The van der Waals surface area contributed by atoms with Crippen LogP contribution >= 0.6 is 11.8 Å². The van der Waals surface area contributed by atoms with E-state index in [-0.39, 0.29) is 0 Å². The zero-order chi connectivity index (χ0) is 10.3. The second-order valence-electron chi connectivity index (χ2n) is 3.44. The monoisotopic (exact) mass is 203 g/mol. The first-order valence-corrected chi connectivity index (χ1v) is 6.22. The molecule has 0 N–H and O–H groups in total. The Balaban J connectivity index is 3.68. The van der Waals surface area contributed by atoms with Crippen molar-refractivity contribution in [3.63, 3.8) is 0 Å². The van der Waals surface area contributed by atoms with Crippen molar-refractivity contribution in [2.24, 2.45) is 0 Å². The normalized spacial score (nSPS) is 13.3. The maximum absolute atomic E-state index is 11.2. The molecule has 0 heterocycles.